The summed E-state index contributed by atoms with van der Waals surface area (Å²) in [5.74, 6) is 6.52. The number of carbonyl (C=O) groups excluding carboxylic acids is 3. The lowest BCUT2D eigenvalue weighted by Gasteiger charge is -2.33. The highest BCUT2D eigenvalue weighted by Gasteiger charge is 2.28. The Morgan fingerprint density at radius 3 is 1.44 bits per heavy atom. The van der Waals surface area contributed by atoms with Crippen LogP contribution in [0.25, 0.3) is 32.7 Å². The van der Waals surface area contributed by atoms with Gasteiger partial charge in [-0.25, -0.2) is 4.79 Å². The van der Waals surface area contributed by atoms with E-state index in [1.807, 2.05) is 116 Å². The molecule has 9 aromatic rings. The number of piperidine rings is 3. The number of nitrogens with one attached hydrogen (secondary N) is 3. The molecule has 0 spiro atoms. The summed E-state index contributed by atoms with van der Waals surface area (Å²) < 4.78 is 17.1. The number of unbranched alkanes of at least 4 members (excludes halogenated alkanes) is 4. The number of likely N-dealkylation sites (tertiary alicyclic amines) is 3. The minimum absolute atomic E-state index is 0.0258. The number of rotatable bonds is 29. The molecule has 3 aromatic heterocycles. The Balaban J connectivity index is 0.000000169. The van der Waals surface area contributed by atoms with Crippen LogP contribution in [0.4, 0.5) is 0 Å². The van der Waals surface area contributed by atoms with E-state index < -0.39 is 11.9 Å². The van der Waals surface area contributed by atoms with Gasteiger partial charge in [0.05, 0.1) is 31.8 Å². The van der Waals surface area contributed by atoms with E-state index in [0.717, 1.165) is 77.1 Å². The molecule has 0 radical (unpaired) electrons. The molecule has 3 fully saturated rings. The van der Waals surface area contributed by atoms with Crippen LogP contribution in [-0.4, -0.2) is 148 Å². The lowest BCUT2D eigenvalue weighted by atomic mass is 9.88. The number of hydrogen-bond donors (Lipinski definition) is 5. The minimum atomic E-state index is -1.23. The molecule has 6 aromatic carbocycles. The minimum Gasteiger partial charge on any atom is -0.494 e. The Labute approximate surface area is 615 Å². The number of benzene rings is 6. The third-order valence-corrected chi connectivity index (χ3v) is 20.1. The van der Waals surface area contributed by atoms with E-state index in [1.54, 1.807) is 5.92 Å². The van der Waals surface area contributed by atoms with Crippen LogP contribution in [0.1, 0.15) is 233 Å². The lowest BCUT2D eigenvalue weighted by Crippen LogP contribution is -2.35. The average Bonchev–Trinajstić information content (AvgIpc) is 1.63. The third kappa shape index (κ3) is 22.6. The first-order valence-corrected chi connectivity index (χ1v) is 38.3. The van der Waals surface area contributed by atoms with Crippen LogP contribution >= 0.6 is 0 Å². The van der Waals surface area contributed by atoms with Gasteiger partial charge in [-0.15, -0.1) is 0 Å². The quantitative estimate of drug-likeness (QED) is 0.0168. The van der Waals surface area contributed by atoms with Gasteiger partial charge in [-0.05, 0) is 267 Å². The predicted molar refractivity (Wildman–Crippen MR) is 419 cm³/mol. The van der Waals surface area contributed by atoms with Crippen molar-refractivity contribution in [3.05, 3.63) is 196 Å². The molecule has 0 amide bonds. The number of para-hydroxylation sites is 1. The Hall–Kier alpha value is -9.27. The first kappa shape index (κ1) is 78.9. The number of ether oxygens (including phenoxy) is 3. The van der Waals surface area contributed by atoms with Crippen molar-refractivity contribution in [2.75, 3.05) is 78.7 Å². The highest BCUT2D eigenvalue weighted by molar-refractivity contribution is 6.13. The first-order chi connectivity index (χ1) is 50.6. The second kappa shape index (κ2) is 40.7. The Morgan fingerprint density at radius 2 is 0.952 bits per heavy atom. The number of ketones is 3. The molecule has 0 bridgehead atoms. The van der Waals surface area contributed by atoms with Crippen LogP contribution in [0.3, 0.4) is 0 Å². The zero-order valence-electron chi connectivity index (χ0n) is 62.5. The van der Waals surface area contributed by atoms with E-state index in [1.165, 1.54) is 149 Å². The van der Waals surface area contributed by atoms with Gasteiger partial charge < -0.3 is 54.1 Å². The number of carboxylic acids is 2. The van der Waals surface area contributed by atoms with E-state index >= 15 is 0 Å². The SMILES string of the molecule is CCCCCN1CCC(c2c[nH]c3ccc(C(=O)c4cccc(OCC)c4)cc23)CC1.CCCCN1CCC(c2c[nH]c3ccc(C(=O)c4ccc(OCCC)cc4)cc23)CC1.CCCCOc1ccccc1C(=O)c1ccc2[nH]cc(C3CCN(CC(C)C)CC3)c2c1.O=C(O)C#CCCC(=O)O. The predicted octanol–water partition coefficient (Wildman–Crippen LogP) is 18.7. The zero-order chi connectivity index (χ0) is 73.7. The molecule has 0 saturated carbocycles. The van der Waals surface area contributed by atoms with E-state index in [4.69, 9.17) is 24.4 Å². The fourth-order valence-corrected chi connectivity index (χ4v) is 14.4. The molecule has 552 valence electrons. The van der Waals surface area contributed by atoms with Gasteiger partial charge in [0.25, 0.3) is 0 Å². The molecular weight excluding hydrogens is 1300 g/mol. The molecule has 5 N–H and O–H groups in total. The molecule has 3 aliphatic rings. The van der Waals surface area contributed by atoms with Crippen LogP contribution in [0.2, 0.25) is 0 Å². The van der Waals surface area contributed by atoms with E-state index in [-0.39, 0.29) is 30.2 Å². The first-order valence-electron chi connectivity index (χ1n) is 38.3. The van der Waals surface area contributed by atoms with Crippen molar-refractivity contribution in [3.8, 4) is 29.1 Å². The maximum Gasteiger partial charge on any atom is 0.381 e. The van der Waals surface area contributed by atoms with Crippen LogP contribution in [-0.2, 0) is 9.59 Å². The summed E-state index contributed by atoms with van der Waals surface area (Å²) in [6, 6.07) is 40.7. The van der Waals surface area contributed by atoms with Gasteiger partial charge in [-0.3, -0.25) is 19.2 Å². The summed E-state index contributed by atoms with van der Waals surface area (Å²) in [5, 5.41) is 19.6. The summed E-state index contributed by atoms with van der Waals surface area (Å²) in [4.78, 5) is 77.3. The van der Waals surface area contributed by atoms with Gasteiger partial charge in [0.15, 0.2) is 17.3 Å². The molecule has 6 heterocycles. The molecule has 104 heavy (non-hydrogen) atoms. The van der Waals surface area contributed by atoms with Crippen molar-refractivity contribution in [2.24, 2.45) is 5.92 Å². The maximum atomic E-state index is 13.4. The van der Waals surface area contributed by atoms with Crippen molar-refractivity contribution in [2.45, 2.75) is 169 Å². The zero-order valence-corrected chi connectivity index (χ0v) is 62.5. The fraction of sp³-hybridized carbons (Fsp3) is 0.443. The molecule has 3 saturated heterocycles. The van der Waals surface area contributed by atoms with Gasteiger partial charge >= 0.3 is 11.9 Å². The molecule has 16 heteroatoms. The molecular formula is C88H110N6O10. The number of carboxylic acid groups (broad SMARTS) is 2. The van der Waals surface area contributed by atoms with Crippen LogP contribution in [0.5, 0.6) is 17.2 Å². The number of aromatic nitrogens is 3. The average molecular weight is 1410 g/mol. The summed E-state index contributed by atoms with van der Waals surface area (Å²) in [7, 11) is 0. The highest BCUT2D eigenvalue weighted by atomic mass is 16.5. The van der Waals surface area contributed by atoms with Gasteiger partial charge in [0.2, 0.25) is 0 Å². The summed E-state index contributed by atoms with van der Waals surface area (Å²) >= 11 is 0. The normalized spacial score (nSPS) is 14.7. The van der Waals surface area contributed by atoms with Gasteiger partial charge in [-0.1, -0.05) is 97.4 Å². The third-order valence-electron chi connectivity index (χ3n) is 20.1. The van der Waals surface area contributed by atoms with E-state index in [2.05, 4.69) is 114 Å². The Kier molecular flexibility index (Phi) is 30.9. The van der Waals surface area contributed by atoms with Gasteiger partial charge in [0.1, 0.15) is 17.2 Å². The van der Waals surface area contributed by atoms with Crippen molar-refractivity contribution in [3.63, 3.8) is 0 Å². The number of aromatic amines is 3. The van der Waals surface area contributed by atoms with Crippen LogP contribution in [0.15, 0.2) is 146 Å². The number of hydrogen-bond acceptors (Lipinski definition) is 11. The van der Waals surface area contributed by atoms with Gasteiger partial charge in [0, 0.05) is 98.0 Å². The summed E-state index contributed by atoms with van der Waals surface area (Å²) in [6.45, 7) is 27.8. The molecule has 12 rings (SSSR count). The van der Waals surface area contributed by atoms with Crippen LogP contribution in [0, 0.1) is 17.8 Å². The number of H-pyrrole nitrogens is 3. The van der Waals surface area contributed by atoms with Crippen LogP contribution < -0.4 is 14.2 Å². The lowest BCUT2D eigenvalue weighted by molar-refractivity contribution is -0.137. The summed E-state index contributed by atoms with van der Waals surface area (Å²) in [6.07, 6.45) is 23.0. The highest BCUT2D eigenvalue weighted by Crippen LogP contribution is 2.38. The van der Waals surface area contributed by atoms with Crippen molar-refractivity contribution in [1.82, 2.24) is 29.7 Å². The Morgan fingerprint density at radius 1 is 0.471 bits per heavy atom. The van der Waals surface area contributed by atoms with E-state index in [0.29, 0.717) is 65.9 Å². The van der Waals surface area contributed by atoms with Crippen molar-refractivity contribution < 1.29 is 48.4 Å². The topological polar surface area (TPSA) is 211 Å². The molecule has 0 aliphatic carbocycles. The monoisotopic (exact) mass is 1410 g/mol. The number of aliphatic carboxylic acids is 2. The number of nitrogens with zero attached hydrogens (tertiary/aromatic N) is 3. The standard InChI is InChI=1S/C28H36N2O2.2C27H34N2O2.C6H6O4/c1-4-5-16-32-27-9-7-6-8-23(27)28(31)22-10-11-26-24(17-22)25(18-29-26)21-12-14-30(15-13-21)19-20(2)3;1-3-5-14-29-15-12-20(13-16-29)25-19-28-26-11-8-22(18-24(25)26)27(30)21-6-9-23(10-7-21)31-17-4-2;1-3-5-6-14-29-15-12-20(13-16-29)25-19-28-26-11-10-22(18-24(25)26)27(30)21-8-7-9-23(17-21)31-4-2;7-5(8)3-1-2-4-6(9)10/h6-11,17-18,20-21,29H,4-5,12-16,19H2,1-3H3;6-11,18-20,28H,3-5,12-17H2,1-2H3;7-11,17-20,28H,3-6,12-16H2,1-2H3;1,3H2,(H,7,8)(H,9,10). The fourth-order valence-electron chi connectivity index (χ4n) is 14.4. The Bertz CT molecular complexity index is 4280. The van der Waals surface area contributed by atoms with Gasteiger partial charge in [-0.2, -0.15) is 0 Å². The molecule has 3 aliphatic heterocycles. The van der Waals surface area contributed by atoms with E-state index in [9.17, 15) is 24.0 Å². The summed E-state index contributed by atoms with van der Waals surface area (Å²) in [5.41, 5.74) is 11.6. The van der Waals surface area contributed by atoms with Crippen molar-refractivity contribution >= 4 is 62.0 Å². The smallest absolute Gasteiger partial charge is 0.381 e. The second-order valence-electron chi connectivity index (χ2n) is 28.3. The molecule has 0 atom stereocenters. The van der Waals surface area contributed by atoms with Crippen molar-refractivity contribution in [1.29, 1.82) is 0 Å². The maximum absolute atomic E-state index is 13.4. The second-order valence-corrected chi connectivity index (χ2v) is 28.3. The molecule has 0 unspecified atom stereocenters. The number of carbonyl (C=O) groups is 5. The molecule has 16 nitrogen and oxygen atoms in total. The largest absolute Gasteiger partial charge is 0.494 e. The number of fused-ring (bicyclic) bond motifs is 3.